The van der Waals surface area contributed by atoms with Crippen molar-refractivity contribution in [3.63, 3.8) is 0 Å². The Morgan fingerprint density at radius 2 is 1.69 bits per heavy atom. The molecular weight excluding hydrogens is 470 g/mol. The molecule has 0 spiro atoms. The summed E-state index contributed by atoms with van der Waals surface area (Å²) >= 11 is 6.35. The maximum atomic E-state index is 11.2. The van der Waals surface area contributed by atoms with Crippen LogP contribution in [0.25, 0.3) is 17.2 Å². The molecule has 36 heavy (non-hydrogen) atoms. The van der Waals surface area contributed by atoms with Gasteiger partial charge in [-0.1, -0.05) is 60.2 Å². The number of morpholine rings is 1. The van der Waals surface area contributed by atoms with E-state index in [0.717, 1.165) is 56.7 Å². The minimum absolute atomic E-state index is 0.402. The molecule has 4 nitrogen and oxygen atoms in total. The van der Waals surface area contributed by atoms with Crippen molar-refractivity contribution < 1.29 is 14.3 Å². The van der Waals surface area contributed by atoms with Crippen molar-refractivity contribution in [3.05, 3.63) is 93.0 Å². The first-order chi connectivity index (χ1) is 17.5. The Kier molecular flexibility index (Phi) is 8.98. The molecule has 3 aromatic carbocycles. The number of aryl methyl sites for hydroxylation is 1. The van der Waals surface area contributed by atoms with Gasteiger partial charge in [-0.2, -0.15) is 0 Å². The maximum absolute atomic E-state index is 11.2. The molecule has 0 N–H and O–H groups in total. The monoisotopic (exact) mass is 503 g/mol. The third-order valence-electron chi connectivity index (χ3n) is 6.96. The zero-order chi connectivity index (χ0) is 25.5. The molecule has 0 amide bonds. The Bertz CT molecular complexity index is 1240. The van der Waals surface area contributed by atoms with Gasteiger partial charge in [-0.25, -0.2) is 0 Å². The molecular formula is C31H34ClNO3. The number of nitrogens with zero attached hydrogens (tertiary/aromatic N) is 1. The van der Waals surface area contributed by atoms with Crippen molar-refractivity contribution in [3.8, 4) is 16.9 Å². The number of carbonyl (C=O) groups is 1. The van der Waals surface area contributed by atoms with Crippen LogP contribution in [0.2, 0.25) is 5.02 Å². The Morgan fingerprint density at radius 1 is 0.972 bits per heavy atom. The number of halogens is 1. The van der Waals surface area contributed by atoms with E-state index in [1.54, 1.807) is 6.07 Å². The van der Waals surface area contributed by atoms with E-state index in [9.17, 15) is 4.79 Å². The first-order valence-electron chi connectivity index (χ1n) is 12.5. The first-order valence-corrected chi connectivity index (χ1v) is 12.9. The summed E-state index contributed by atoms with van der Waals surface area (Å²) in [5, 5.41) is 0.445. The number of ether oxygens (including phenoxy) is 2. The van der Waals surface area contributed by atoms with Crippen LogP contribution in [0.5, 0.6) is 5.75 Å². The molecule has 0 atom stereocenters. The fourth-order valence-corrected chi connectivity index (χ4v) is 4.84. The molecule has 0 aliphatic carbocycles. The summed E-state index contributed by atoms with van der Waals surface area (Å²) in [5.74, 6) is 0.588. The van der Waals surface area contributed by atoms with Crippen LogP contribution in [0.3, 0.4) is 0 Å². The minimum Gasteiger partial charge on any atom is -0.487 e. The molecule has 1 aliphatic heterocycles. The molecule has 4 rings (SSSR count). The highest BCUT2D eigenvalue weighted by Gasteiger charge is 2.13. The summed E-state index contributed by atoms with van der Waals surface area (Å²) in [6.07, 6.45) is 6.37. The second-order valence-corrected chi connectivity index (χ2v) is 9.71. The topological polar surface area (TPSA) is 38.8 Å². The van der Waals surface area contributed by atoms with Crippen LogP contribution in [0.4, 0.5) is 0 Å². The largest absolute Gasteiger partial charge is 0.487 e. The average Bonchev–Trinajstić information content (AvgIpc) is 2.89. The molecule has 3 aromatic rings. The van der Waals surface area contributed by atoms with Gasteiger partial charge in [0.1, 0.15) is 18.6 Å². The summed E-state index contributed by atoms with van der Waals surface area (Å²) in [6.45, 7) is 11.4. The molecule has 188 valence electrons. The fraction of sp³-hybridized carbons (Fsp3) is 0.323. The van der Waals surface area contributed by atoms with Crippen LogP contribution in [0.1, 0.15) is 44.6 Å². The number of benzene rings is 3. The highest BCUT2D eigenvalue weighted by molar-refractivity contribution is 6.32. The van der Waals surface area contributed by atoms with Gasteiger partial charge in [-0.05, 0) is 78.3 Å². The third kappa shape index (κ3) is 6.25. The molecule has 0 saturated carbocycles. The lowest BCUT2D eigenvalue weighted by Crippen LogP contribution is -2.36. The normalized spacial score (nSPS) is 14.3. The van der Waals surface area contributed by atoms with Crippen LogP contribution >= 0.6 is 11.6 Å². The zero-order valence-electron chi connectivity index (χ0n) is 21.4. The summed E-state index contributed by atoms with van der Waals surface area (Å²) in [7, 11) is 0. The molecule has 0 radical (unpaired) electrons. The Hall–Kier alpha value is -2.92. The van der Waals surface area contributed by atoms with Gasteiger partial charge in [-0.15, -0.1) is 0 Å². The summed E-state index contributed by atoms with van der Waals surface area (Å²) < 4.78 is 11.5. The lowest BCUT2D eigenvalue weighted by Gasteiger charge is -2.25. The molecule has 1 heterocycles. The van der Waals surface area contributed by atoms with Gasteiger partial charge in [-0.3, -0.25) is 9.69 Å². The van der Waals surface area contributed by atoms with Gasteiger partial charge in [0.05, 0.1) is 18.2 Å². The van der Waals surface area contributed by atoms with Crippen LogP contribution in [0, 0.1) is 20.8 Å². The second kappa shape index (κ2) is 12.4. The molecule has 5 heteroatoms. The van der Waals surface area contributed by atoms with Crippen LogP contribution in [0.15, 0.2) is 54.6 Å². The highest BCUT2D eigenvalue weighted by Crippen LogP contribution is 2.32. The van der Waals surface area contributed by atoms with Crippen molar-refractivity contribution in [2.24, 2.45) is 0 Å². The highest BCUT2D eigenvalue weighted by atomic mass is 35.5. The molecule has 1 saturated heterocycles. The quantitative estimate of drug-likeness (QED) is 0.293. The Balaban J connectivity index is 1.48. The number of hydrogen-bond acceptors (Lipinski definition) is 4. The molecule has 0 unspecified atom stereocenters. The van der Waals surface area contributed by atoms with E-state index in [2.05, 4.69) is 67.3 Å². The van der Waals surface area contributed by atoms with E-state index in [4.69, 9.17) is 21.1 Å². The molecule has 1 aliphatic rings. The van der Waals surface area contributed by atoms with E-state index >= 15 is 0 Å². The van der Waals surface area contributed by atoms with Gasteiger partial charge >= 0.3 is 0 Å². The molecule has 1 fully saturated rings. The smallest absolute Gasteiger partial charge is 0.150 e. The average molecular weight is 504 g/mol. The van der Waals surface area contributed by atoms with Crippen molar-refractivity contribution in [2.45, 2.75) is 33.8 Å². The van der Waals surface area contributed by atoms with E-state index in [1.807, 2.05) is 13.0 Å². The number of carbonyl (C=O) groups excluding carboxylic acids is 1. The Morgan fingerprint density at radius 3 is 2.44 bits per heavy atom. The summed E-state index contributed by atoms with van der Waals surface area (Å²) in [4.78, 5) is 13.6. The zero-order valence-corrected chi connectivity index (χ0v) is 22.1. The van der Waals surface area contributed by atoms with Gasteiger partial charge in [0.25, 0.3) is 0 Å². The van der Waals surface area contributed by atoms with E-state index in [0.29, 0.717) is 22.9 Å². The van der Waals surface area contributed by atoms with Crippen molar-refractivity contribution in [2.75, 3.05) is 32.8 Å². The SMILES string of the molecule is Cc1cc(OCc2cccc(-c3cccc(/C=C/CCN4CCOCC4)c3C)c2C)c(Cl)cc1C=O. The van der Waals surface area contributed by atoms with Crippen molar-refractivity contribution in [1.82, 2.24) is 4.90 Å². The van der Waals surface area contributed by atoms with E-state index in [1.165, 1.54) is 27.8 Å². The summed E-state index contributed by atoms with van der Waals surface area (Å²) in [6, 6.07) is 16.3. The Labute approximate surface area is 219 Å². The first kappa shape index (κ1) is 26.2. The number of rotatable bonds is 9. The number of aldehydes is 1. The maximum Gasteiger partial charge on any atom is 0.150 e. The van der Waals surface area contributed by atoms with Gasteiger partial charge < -0.3 is 9.47 Å². The molecule has 0 bridgehead atoms. The van der Waals surface area contributed by atoms with E-state index in [-0.39, 0.29) is 0 Å². The lowest BCUT2D eigenvalue weighted by molar-refractivity contribution is 0.0387. The predicted octanol–water partition coefficient (Wildman–Crippen LogP) is 7.06. The van der Waals surface area contributed by atoms with Gasteiger partial charge in [0, 0.05) is 25.2 Å². The fourth-order valence-electron chi connectivity index (χ4n) is 4.61. The number of hydrogen-bond donors (Lipinski definition) is 0. The van der Waals surface area contributed by atoms with Gasteiger partial charge in [0.15, 0.2) is 0 Å². The predicted molar refractivity (Wildman–Crippen MR) is 148 cm³/mol. The van der Waals surface area contributed by atoms with Crippen LogP contribution < -0.4 is 4.74 Å². The van der Waals surface area contributed by atoms with Crippen LogP contribution in [-0.2, 0) is 11.3 Å². The van der Waals surface area contributed by atoms with Gasteiger partial charge in [0.2, 0.25) is 0 Å². The van der Waals surface area contributed by atoms with Crippen molar-refractivity contribution >= 4 is 24.0 Å². The lowest BCUT2D eigenvalue weighted by atomic mass is 9.91. The molecule has 0 aromatic heterocycles. The van der Waals surface area contributed by atoms with Crippen LogP contribution in [-0.4, -0.2) is 44.0 Å². The van der Waals surface area contributed by atoms with Crippen molar-refractivity contribution in [1.29, 1.82) is 0 Å². The standard InChI is InChI=1S/C31H34ClNO3/c1-22-18-31(30(32)19-27(22)20-34)36-21-26-10-7-12-29(24(26)3)28-11-6-9-25(23(28)2)8-4-5-13-33-14-16-35-17-15-33/h4,6-12,18-20H,5,13-17,21H2,1-3H3/b8-4+. The third-order valence-corrected chi connectivity index (χ3v) is 7.25. The second-order valence-electron chi connectivity index (χ2n) is 9.30. The summed E-state index contributed by atoms with van der Waals surface area (Å²) in [5.41, 5.74) is 8.66. The minimum atomic E-state index is 0.402. The van der Waals surface area contributed by atoms with E-state index < -0.39 is 0 Å².